The number of carbonyl (C=O) groups is 3. The van der Waals surface area contributed by atoms with E-state index in [4.69, 9.17) is 16.3 Å². The van der Waals surface area contributed by atoms with Gasteiger partial charge in [-0.1, -0.05) is 11.6 Å². The number of amides is 3. The van der Waals surface area contributed by atoms with Gasteiger partial charge in [0, 0.05) is 17.8 Å². The standard InChI is InChI=1S/C20H24ClN3O5/c1-10(9-25)24-16(18(27)23-12-5-3-11(21)4-6-12)20-8-7-13(29-20)14(17(26)22-2)15(20)19(24)28/h3-6,10,13-16,25H,7-9H2,1-2H3,(H,22,26)(H,23,27)/t10-,13-,14+,15+,16?,20?/m1/s1. The Bertz CT molecular complexity index is 847. The summed E-state index contributed by atoms with van der Waals surface area (Å²) in [7, 11) is 1.53. The smallest absolute Gasteiger partial charge is 0.250 e. The van der Waals surface area contributed by atoms with Gasteiger partial charge in [-0.05, 0) is 44.0 Å². The Kier molecular flexibility index (Phi) is 5.04. The van der Waals surface area contributed by atoms with Gasteiger partial charge in [-0.3, -0.25) is 14.4 Å². The number of rotatable bonds is 5. The fourth-order valence-corrected chi connectivity index (χ4v) is 5.29. The molecule has 1 aromatic rings. The van der Waals surface area contributed by atoms with Crippen LogP contribution in [0, 0.1) is 11.8 Å². The molecule has 3 N–H and O–H groups in total. The van der Waals surface area contributed by atoms with E-state index in [0.29, 0.717) is 23.6 Å². The molecule has 29 heavy (non-hydrogen) atoms. The number of likely N-dealkylation sites (tertiary alicyclic amines) is 1. The van der Waals surface area contributed by atoms with Crippen LogP contribution < -0.4 is 10.6 Å². The zero-order valence-corrected chi connectivity index (χ0v) is 17.0. The minimum Gasteiger partial charge on any atom is -0.394 e. The van der Waals surface area contributed by atoms with Crippen LogP contribution in [0.25, 0.3) is 0 Å². The predicted octanol–water partition coefficient (Wildman–Crippen LogP) is 0.780. The number of hydrogen-bond donors (Lipinski definition) is 3. The number of benzene rings is 1. The average molecular weight is 422 g/mol. The zero-order chi connectivity index (χ0) is 20.9. The summed E-state index contributed by atoms with van der Waals surface area (Å²) in [6.07, 6.45) is 0.726. The second-order valence-electron chi connectivity index (χ2n) is 7.94. The van der Waals surface area contributed by atoms with E-state index in [1.165, 1.54) is 11.9 Å². The third-order valence-electron chi connectivity index (χ3n) is 6.39. The van der Waals surface area contributed by atoms with Crippen LogP contribution in [-0.4, -0.2) is 65.2 Å². The summed E-state index contributed by atoms with van der Waals surface area (Å²) in [4.78, 5) is 40.6. The van der Waals surface area contributed by atoms with Gasteiger partial charge in [0.25, 0.3) is 0 Å². The molecule has 3 aliphatic heterocycles. The van der Waals surface area contributed by atoms with Crippen LogP contribution in [0.5, 0.6) is 0 Å². The first-order valence-electron chi connectivity index (χ1n) is 9.73. The molecule has 2 unspecified atom stereocenters. The van der Waals surface area contributed by atoms with Crippen LogP contribution in [0.1, 0.15) is 19.8 Å². The van der Waals surface area contributed by atoms with Crippen molar-refractivity contribution in [3.05, 3.63) is 29.3 Å². The lowest BCUT2D eigenvalue weighted by molar-refractivity contribution is -0.143. The summed E-state index contributed by atoms with van der Waals surface area (Å²) in [5.41, 5.74) is -0.530. The second kappa shape index (κ2) is 7.27. The summed E-state index contributed by atoms with van der Waals surface area (Å²) < 4.78 is 6.22. The molecule has 3 saturated heterocycles. The first-order valence-corrected chi connectivity index (χ1v) is 10.1. The first-order chi connectivity index (χ1) is 13.8. The van der Waals surface area contributed by atoms with Gasteiger partial charge in [0.05, 0.1) is 30.6 Å². The molecular weight excluding hydrogens is 398 g/mol. The maximum Gasteiger partial charge on any atom is 0.250 e. The molecule has 3 amide bonds. The molecular formula is C20H24ClN3O5. The van der Waals surface area contributed by atoms with Gasteiger partial charge in [0.15, 0.2) is 0 Å². The SMILES string of the molecule is CNC(=O)[C@@H]1[C@H]2C(=O)N([C@H](C)CO)C(C(=O)Nc3ccc(Cl)cc3)C23CC[C@H]1O3. The van der Waals surface area contributed by atoms with Gasteiger partial charge in [0.1, 0.15) is 11.6 Å². The van der Waals surface area contributed by atoms with Crippen LogP contribution in [0.15, 0.2) is 24.3 Å². The Morgan fingerprint density at radius 3 is 2.66 bits per heavy atom. The number of halogens is 1. The largest absolute Gasteiger partial charge is 0.394 e. The fourth-order valence-electron chi connectivity index (χ4n) is 5.16. The van der Waals surface area contributed by atoms with Crippen molar-refractivity contribution in [1.82, 2.24) is 10.2 Å². The molecule has 2 bridgehead atoms. The first kappa shape index (κ1) is 20.1. The van der Waals surface area contributed by atoms with Crippen molar-refractivity contribution < 1.29 is 24.2 Å². The van der Waals surface area contributed by atoms with E-state index in [9.17, 15) is 19.5 Å². The lowest BCUT2D eigenvalue weighted by atomic mass is 9.70. The van der Waals surface area contributed by atoms with Gasteiger partial charge in [-0.25, -0.2) is 0 Å². The van der Waals surface area contributed by atoms with E-state index < -0.39 is 35.4 Å². The highest BCUT2D eigenvalue weighted by Gasteiger charge is 2.74. The number of aliphatic hydroxyl groups excluding tert-OH is 1. The van der Waals surface area contributed by atoms with Crippen LogP contribution >= 0.6 is 11.6 Å². The summed E-state index contributed by atoms with van der Waals surface area (Å²) in [6, 6.07) is 5.14. The highest BCUT2D eigenvalue weighted by molar-refractivity contribution is 6.30. The number of nitrogens with zero attached hydrogens (tertiary/aromatic N) is 1. The van der Waals surface area contributed by atoms with Gasteiger partial charge >= 0.3 is 0 Å². The number of carbonyl (C=O) groups excluding carboxylic acids is 3. The van der Waals surface area contributed by atoms with E-state index >= 15 is 0 Å². The number of nitrogens with one attached hydrogen (secondary N) is 2. The molecule has 3 fully saturated rings. The van der Waals surface area contributed by atoms with Crippen molar-refractivity contribution in [2.75, 3.05) is 19.0 Å². The van der Waals surface area contributed by atoms with E-state index in [2.05, 4.69) is 10.6 Å². The summed E-state index contributed by atoms with van der Waals surface area (Å²) in [5.74, 6) is -2.36. The topological polar surface area (TPSA) is 108 Å². The molecule has 1 spiro atoms. The highest BCUT2D eigenvalue weighted by Crippen LogP contribution is 2.58. The average Bonchev–Trinajstić information content (AvgIpc) is 3.35. The Balaban J connectivity index is 1.72. The van der Waals surface area contributed by atoms with Crippen molar-refractivity contribution >= 4 is 35.0 Å². The number of anilines is 1. The molecule has 156 valence electrons. The van der Waals surface area contributed by atoms with Crippen molar-refractivity contribution in [2.45, 2.75) is 43.6 Å². The number of aliphatic hydroxyl groups is 1. The van der Waals surface area contributed by atoms with E-state index in [1.54, 1.807) is 31.2 Å². The molecule has 0 radical (unpaired) electrons. The maximum atomic E-state index is 13.4. The third-order valence-corrected chi connectivity index (χ3v) is 6.64. The number of fused-ring (bicyclic) bond motifs is 1. The van der Waals surface area contributed by atoms with Crippen molar-refractivity contribution in [3.63, 3.8) is 0 Å². The van der Waals surface area contributed by atoms with Crippen molar-refractivity contribution in [1.29, 1.82) is 0 Å². The summed E-state index contributed by atoms with van der Waals surface area (Å²) >= 11 is 5.91. The third kappa shape index (κ3) is 2.93. The quantitative estimate of drug-likeness (QED) is 0.651. The maximum absolute atomic E-state index is 13.4. The molecule has 0 saturated carbocycles. The minimum atomic E-state index is -1.07. The second-order valence-corrected chi connectivity index (χ2v) is 8.38. The Morgan fingerprint density at radius 1 is 1.34 bits per heavy atom. The molecule has 3 aliphatic rings. The van der Waals surface area contributed by atoms with Crippen LogP contribution in [0.3, 0.4) is 0 Å². The lowest BCUT2D eigenvalue weighted by Gasteiger charge is -2.35. The Morgan fingerprint density at radius 2 is 2.03 bits per heavy atom. The highest BCUT2D eigenvalue weighted by atomic mass is 35.5. The normalized spacial score (nSPS) is 33.5. The van der Waals surface area contributed by atoms with Crippen molar-refractivity contribution in [3.8, 4) is 0 Å². The molecule has 1 aromatic carbocycles. The fraction of sp³-hybridized carbons (Fsp3) is 0.550. The van der Waals surface area contributed by atoms with Gasteiger partial charge in [-0.2, -0.15) is 0 Å². The predicted molar refractivity (Wildman–Crippen MR) is 105 cm³/mol. The monoisotopic (exact) mass is 421 g/mol. The van der Waals surface area contributed by atoms with Gasteiger partial charge in [0.2, 0.25) is 17.7 Å². The Hall–Kier alpha value is -2.16. The van der Waals surface area contributed by atoms with Crippen LogP contribution in [0.2, 0.25) is 5.02 Å². The number of ether oxygens (including phenoxy) is 1. The van der Waals surface area contributed by atoms with E-state index in [1.807, 2.05) is 0 Å². The van der Waals surface area contributed by atoms with Crippen LogP contribution in [0.4, 0.5) is 5.69 Å². The van der Waals surface area contributed by atoms with E-state index in [-0.39, 0.29) is 24.5 Å². The van der Waals surface area contributed by atoms with E-state index in [0.717, 1.165) is 0 Å². The van der Waals surface area contributed by atoms with Gasteiger partial charge < -0.3 is 25.4 Å². The minimum absolute atomic E-state index is 0.259. The lowest BCUT2D eigenvalue weighted by Crippen LogP contribution is -2.55. The number of hydrogen-bond acceptors (Lipinski definition) is 5. The van der Waals surface area contributed by atoms with Gasteiger partial charge in [-0.15, -0.1) is 0 Å². The van der Waals surface area contributed by atoms with Crippen molar-refractivity contribution in [2.24, 2.45) is 11.8 Å². The zero-order valence-electron chi connectivity index (χ0n) is 16.2. The molecule has 9 heteroatoms. The molecule has 4 rings (SSSR count). The molecule has 0 aromatic heterocycles. The summed E-state index contributed by atoms with van der Waals surface area (Å²) in [5, 5.41) is 15.7. The molecule has 8 nitrogen and oxygen atoms in total. The molecule has 6 atom stereocenters. The summed E-state index contributed by atoms with van der Waals surface area (Å²) in [6.45, 7) is 1.38. The molecule has 3 heterocycles. The Labute approximate surface area is 173 Å². The van der Waals surface area contributed by atoms with Crippen LogP contribution in [-0.2, 0) is 19.1 Å². The molecule has 0 aliphatic carbocycles.